The van der Waals surface area contributed by atoms with E-state index in [1.54, 1.807) is 30.3 Å². The minimum atomic E-state index is -1.88. The summed E-state index contributed by atoms with van der Waals surface area (Å²) < 4.78 is 13.3. The number of carboxylic acids is 2. The van der Waals surface area contributed by atoms with Crippen LogP contribution in [0.4, 0.5) is 10.1 Å². The largest absolute Gasteiger partial charge is 0.480 e. The van der Waals surface area contributed by atoms with Crippen LogP contribution in [0.2, 0.25) is 0 Å². The van der Waals surface area contributed by atoms with Gasteiger partial charge in [-0.2, -0.15) is 0 Å². The third-order valence-electron chi connectivity index (χ3n) is 4.16. The van der Waals surface area contributed by atoms with Gasteiger partial charge in [-0.1, -0.05) is 30.3 Å². The van der Waals surface area contributed by atoms with Crippen LogP contribution >= 0.6 is 0 Å². The molecule has 1 aliphatic rings. The highest BCUT2D eigenvalue weighted by Crippen LogP contribution is 2.35. The van der Waals surface area contributed by atoms with Crippen molar-refractivity contribution in [2.24, 2.45) is 4.99 Å². The van der Waals surface area contributed by atoms with Gasteiger partial charge in [-0.25, -0.2) is 19.0 Å². The average Bonchev–Trinajstić information content (AvgIpc) is 2.91. The van der Waals surface area contributed by atoms with Gasteiger partial charge in [0, 0.05) is 11.3 Å². The maximum absolute atomic E-state index is 13.3. The minimum Gasteiger partial charge on any atom is -0.480 e. The summed E-state index contributed by atoms with van der Waals surface area (Å²) in [6.07, 6.45) is 0. The first-order chi connectivity index (χ1) is 11.8. The van der Waals surface area contributed by atoms with Crippen LogP contribution in [-0.2, 0) is 9.59 Å². The van der Waals surface area contributed by atoms with Crippen LogP contribution in [0, 0.1) is 5.82 Å². The average molecular weight is 342 g/mol. The van der Waals surface area contributed by atoms with E-state index in [0.717, 1.165) is 0 Å². The van der Waals surface area contributed by atoms with Gasteiger partial charge in [0.15, 0.2) is 11.6 Å². The summed E-state index contributed by atoms with van der Waals surface area (Å²) in [5.41, 5.74) is -0.963. The molecule has 0 aliphatic carbocycles. The highest BCUT2D eigenvalue weighted by atomic mass is 19.1. The molecule has 1 aliphatic heterocycles. The minimum absolute atomic E-state index is 0.213. The number of halogens is 1. The lowest BCUT2D eigenvalue weighted by molar-refractivity contribution is -0.149. The Labute approximate surface area is 142 Å². The SMILES string of the molecule is C[C@]1(C(=O)O)N=C(c2ccccc2)N(c2ccc(F)cc2)[C@@H]1C(=O)O. The van der Waals surface area contributed by atoms with E-state index in [4.69, 9.17) is 0 Å². The predicted molar refractivity (Wildman–Crippen MR) is 89.3 cm³/mol. The Morgan fingerprint density at radius 1 is 1.08 bits per heavy atom. The van der Waals surface area contributed by atoms with Crippen LogP contribution in [0.5, 0.6) is 0 Å². The normalized spacial score (nSPS) is 22.6. The van der Waals surface area contributed by atoms with Gasteiger partial charge in [0.2, 0.25) is 0 Å². The number of amidine groups is 1. The summed E-state index contributed by atoms with van der Waals surface area (Å²) in [6, 6.07) is 12.4. The van der Waals surface area contributed by atoms with Crippen LogP contribution in [0.15, 0.2) is 59.6 Å². The molecule has 25 heavy (non-hydrogen) atoms. The number of hydrogen-bond acceptors (Lipinski definition) is 4. The van der Waals surface area contributed by atoms with Gasteiger partial charge < -0.3 is 15.1 Å². The zero-order chi connectivity index (χ0) is 18.2. The predicted octanol–water partition coefficient (Wildman–Crippen LogP) is 2.39. The molecule has 1 heterocycles. The molecule has 3 rings (SSSR count). The summed E-state index contributed by atoms with van der Waals surface area (Å²) in [7, 11) is 0. The molecule has 2 aromatic carbocycles. The number of carbonyl (C=O) groups is 2. The Morgan fingerprint density at radius 3 is 2.20 bits per heavy atom. The summed E-state index contributed by atoms with van der Waals surface area (Å²) in [6.45, 7) is 1.26. The fourth-order valence-electron chi connectivity index (χ4n) is 2.89. The lowest BCUT2D eigenvalue weighted by Crippen LogP contribution is -2.54. The molecular formula is C18H15FN2O4. The molecule has 2 aromatic rings. The zero-order valence-corrected chi connectivity index (χ0v) is 13.3. The maximum atomic E-state index is 13.3. The van der Waals surface area contributed by atoms with E-state index in [2.05, 4.69) is 4.99 Å². The third kappa shape index (κ3) is 2.73. The van der Waals surface area contributed by atoms with Gasteiger partial charge in [-0.3, -0.25) is 0 Å². The third-order valence-corrected chi connectivity index (χ3v) is 4.16. The molecule has 0 radical (unpaired) electrons. The van der Waals surface area contributed by atoms with Gasteiger partial charge in [-0.15, -0.1) is 0 Å². The van der Waals surface area contributed by atoms with E-state index >= 15 is 0 Å². The van der Waals surface area contributed by atoms with Crippen molar-refractivity contribution in [1.82, 2.24) is 0 Å². The molecule has 0 aromatic heterocycles. The first-order valence-corrected chi connectivity index (χ1v) is 7.51. The number of hydrogen-bond donors (Lipinski definition) is 2. The monoisotopic (exact) mass is 342 g/mol. The van der Waals surface area contributed by atoms with Crippen LogP contribution in [0.3, 0.4) is 0 Å². The second-order valence-electron chi connectivity index (χ2n) is 5.84. The molecule has 6 nitrogen and oxygen atoms in total. The number of carboxylic acid groups (broad SMARTS) is 2. The number of benzene rings is 2. The van der Waals surface area contributed by atoms with E-state index in [9.17, 15) is 24.2 Å². The molecule has 2 atom stereocenters. The van der Waals surface area contributed by atoms with Crippen LogP contribution in [-0.4, -0.2) is 39.6 Å². The van der Waals surface area contributed by atoms with Crippen molar-refractivity contribution in [2.75, 3.05) is 4.90 Å². The van der Waals surface area contributed by atoms with Crippen molar-refractivity contribution in [3.8, 4) is 0 Å². The number of rotatable bonds is 4. The topological polar surface area (TPSA) is 90.2 Å². The van der Waals surface area contributed by atoms with E-state index in [1.165, 1.54) is 36.1 Å². The molecule has 0 fully saturated rings. The Bertz CT molecular complexity index is 851. The van der Waals surface area contributed by atoms with Crippen LogP contribution in [0.25, 0.3) is 0 Å². The standard InChI is InChI=1S/C18H15FN2O4/c1-18(17(24)25)14(16(22)23)21(13-9-7-12(19)8-10-13)15(20-18)11-5-3-2-4-6-11/h2-10,14H,1H3,(H,22,23)(H,24,25)/t14-,18+/m1/s1. The molecule has 0 amide bonds. The Kier molecular flexibility index (Phi) is 4.00. The molecular weight excluding hydrogens is 327 g/mol. The highest BCUT2D eigenvalue weighted by molar-refractivity contribution is 6.17. The maximum Gasteiger partial charge on any atom is 0.334 e. The zero-order valence-electron chi connectivity index (χ0n) is 13.3. The molecule has 0 saturated heterocycles. The number of nitrogens with zero attached hydrogens (tertiary/aromatic N) is 2. The van der Waals surface area contributed by atoms with E-state index in [1.807, 2.05) is 0 Å². The van der Waals surface area contributed by atoms with Crippen molar-refractivity contribution in [2.45, 2.75) is 18.5 Å². The summed E-state index contributed by atoms with van der Waals surface area (Å²) >= 11 is 0. The molecule has 0 spiro atoms. The molecule has 7 heteroatoms. The van der Waals surface area contributed by atoms with Gasteiger partial charge in [0.05, 0.1) is 0 Å². The highest BCUT2D eigenvalue weighted by Gasteiger charge is 2.55. The molecule has 128 valence electrons. The second-order valence-corrected chi connectivity index (χ2v) is 5.84. The number of anilines is 1. The summed E-state index contributed by atoms with van der Waals surface area (Å²) in [4.78, 5) is 29.3. The van der Waals surface area contributed by atoms with Crippen LogP contribution < -0.4 is 4.90 Å². The Balaban J connectivity index is 2.22. The fourth-order valence-corrected chi connectivity index (χ4v) is 2.89. The summed E-state index contributed by atoms with van der Waals surface area (Å²) in [5, 5.41) is 19.3. The molecule has 0 saturated carbocycles. The molecule has 2 N–H and O–H groups in total. The van der Waals surface area contributed by atoms with Crippen LogP contribution in [0.1, 0.15) is 12.5 Å². The van der Waals surface area contributed by atoms with Crippen molar-refractivity contribution >= 4 is 23.5 Å². The quantitative estimate of drug-likeness (QED) is 0.890. The lowest BCUT2D eigenvalue weighted by Gasteiger charge is -2.30. The van der Waals surface area contributed by atoms with Gasteiger partial charge >= 0.3 is 11.9 Å². The summed E-state index contributed by atoms with van der Waals surface area (Å²) in [5.74, 6) is -2.94. The van der Waals surface area contributed by atoms with Crippen molar-refractivity contribution in [3.05, 3.63) is 66.0 Å². The fraction of sp³-hybridized carbons (Fsp3) is 0.167. The van der Waals surface area contributed by atoms with Crippen molar-refractivity contribution in [3.63, 3.8) is 0 Å². The first kappa shape index (κ1) is 16.6. The number of aliphatic carboxylic acids is 2. The van der Waals surface area contributed by atoms with Gasteiger partial charge in [0.1, 0.15) is 11.7 Å². The van der Waals surface area contributed by atoms with Crippen molar-refractivity contribution in [1.29, 1.82) is 0 Å². The first-order valence-electron chi connectivity index (χ1n) is 7.51. The molecule has 0 bridgehead atoms. The van der Waals surface area contributed by atoms with Gasteiger partial charge in [-0.05, 0) is 31.2 Å². The lowest BCUT2D eigenvalue weighted by atomic mass is 9.93. The second kappa shape index (κ2) is 6.01. The Morgan fingerprint density at radius 2 is 1.68 bits per heavy atom. The van der Waals surface area contributed by atoms with Gasteiger partial charge in [0.25, 0.3) is 0 Å². The smallest absolute Gasteiger partial charge is 0.334 e. The van der Waals surface area contributed by atoms with E-state index in [0.29, 0.717) is 11.3 Å². The van der Waals surface area contributed by atoms with Crippen molar-refractivity contribution < 1.29 is 24.2 Å². The number of aliphatic imine (C=N–C) groups is 1. The Hall–Kier alpha value is -3.22. The van der Waals surface area contributed by atoms with E-state index < -0.39 is 29.3 Å². The molecule has 0 unspecified atom stereocenters. The van der Waals surface area contributed by atoms with E-state index in [-0.39, 0.29) is 5.84 Å².